The lowest BCUT2D eigenvalue weighted by molar-refractivity contribution is -0.112. The fourth-order valence-electron chi connectivity index (χ4n) is 2.43. The minimum atomic E-state index is -0.652. The van der Waals surface area contributed by atoms with E-state index in [2.05, 4.69) is 5.32 Å². The highest BCUT2D eigenvalue weighted by Crippen LogP contribution is 2.33. The van der Waals surface area contributed by atoms with Crippen LogP contribution in [0.5, 0.6) is 11.5 Å². The summed E-state index contributed by atoms with van der Waals surface area (Å²) in [7, 11) is 1.40. The van der Waals surface area contributed by atoms with Gasteiger partial charge in [0.2, 0.25) is 0 Å². The summed E-state index contributed by atoms with van der Waals surface area (Å²) in [6.45, 7) is 5.53. The van der Waals surface area contributed by atoms with Crippen molar-refractivity contribution < 1.29 is 24.2 Å². The number of amides is 1. The molecule has 0 atom stereocenters. The van der Waals surface area contributed by atoms with Crippen molar-refractivity contribution in [1.82, 2.24) is 0 Å². The smallest absolute Gasteiger partial charge is 0.341 e. The van der Waals surface area contributed by atoms with Crippen molar-refractivity contribution >= 4 is 34.3 Å². The number of benzene rings is 1. The summed E-state index contributed by atoms with van der Waals surface area (Å²) in [4.78, 5) is 25.7. The monoisotopic (exact) mass is 400 g/mol. The van der Waals surface area contributed by atoms with Crippen molar-refractivity contribution in [3.05, 3.63) is 45.3 Å². The van der Waals surface area contributed by atoms with E-state index in [0.29, 0.717) is 16.1 Å². The predicted octanol–water partition coefficient (Wildman–Crippen LogP) is 3.80. The first-order valence-corrected chi connectivity index (χ1v) is 9.21. The van der Waals surface area contributed by atoms with Crippen molar-refractivity contribution in [2.45, 2.75) is 20.8 Å². The third-order valence-electron chi connectivity index (χ3n) is 3.97. The number of esters is 1. The van der Waals surface area contributed by atoms with E-state index in [4.69, 9.17) is 9.47 Å². The van der Waals surface area contributed by atoms with Gasteiger partial charge in [-0.1, -0.05) is 6.07 Å². The number of anilines is 1. The van der Waals surface area contributed by atoms with Gasteiger partial charge in [-0.2, -0.15) is 5.26 Å². The van der Waals surface area contributed by atoms with E-state index in [-0.39, 0.29) is 23.7 Å². The Morgan fingerprint density at radius 2 is 2.07 bits per heavy atom. The molecular formula is C20H20N2O5S. The second-order valence-corrected chi connectivity index (χ2v) is 6.99. The summed E-state index contributed by atoms with van der Waals surface area (Å²) in [5, 5.41) is 22.0. The number of carbonyl (C=O) groups excluding carboxylic acids is 2. The molecule has 0 bridgehead atoms. The van der Waals surface area contributed by atoms with E-state index in [9.17, 15) is 20.0 Å². The maximum Gasteiger partial charge on any atom is 0.341 e. The maximum atomic E-state index is 12.6. The summed E-state index contributed by atoms with van der Waals surface area (Å²) >= 11 is 1.24. The lowest BCUT2D eigenvalue weighted by Gasteiger charge is -2.07. The number of thiophene rings is 1. The Hall–Kier alpha value is -3.31. The average molecular weight is 400 g/mol. The molecule has 2 rings (SSSR count). The molecule has 1 aromatic heterocycles. The summed E-state index contributed by atoms with van der Waals surface area (Å²) in [5.74, 6) is -1.00. The van der Waals surface area contributed by atoms with Crippen LogP contribution in [-0.4, -0.2) is 30.7 Å². The van der Waals surface area contributed by atoms with Gasteiger partial charge in [0.25, 0.3) is 5.91 Å². The number of hydrogen-bond donors (Lipinski definition) is 2. The lowest BCUT2D eigenvalue weighted by atomic mass is 10.1. The van der Waals surface area contributed by atoms with Gasteiger partial charge in [0, 0.05) is 4.88 Å². The molecule has 8 heteroatoms. The number of aryl methyl sites for hydroxylation is 1. The van der Waals surface area contributed by atoms with Gasteiger partial charge in [0.1, 0.15) is 16.6 Å². The first-order chi connectivity index (χ1) is 13.3. The first-order valence-electron chi connectivity index (χ1n) is 8.39. The number of nitrogens with zero attached hydrogens (tertiary/aromatic N) is 1. The predicted molar refractivity (Wildman–Crippen MR) is 107 cm³/mol. The molecule has 0 aliphatic carbocycles. The number of ether oxygens (including phenoxy) is 2. The quantitative estimate of drug-likeness (QED) is 0.434. The number of hydrogen-bond acceptors (Lipinski definition) is 7. The van der Waals surface area contributed by atoms with Gasteiger partial charge in [0.15, 0.2) is 11.5 Å². The average Bonchev–Trinajstić information content (AvgIpc) is 2.94. The van der Waals surface area contributed by atoms with E-state index in [1.807, 2.05) is 13.0 Å². The van der Waals surface area contributed by atoms with Crippen LogP contribution < -0.4 is 10.1 Å². The van der Waals surface area contributed by atoms with Crippen LogP contribution in [0.25, 0.3) is 6.08 Å². The van der Waals surface area contributed by atoms with Crippen molar-refractivity contribution in [2.75, 3.05) is 19.0 Å². The van der Waals surface area contributed by atoms with E-state index >= 15 is 0 Å². The molecule has 1 aromatic carbocycles. The number of nitrogens with one attached hydrogen (secondary N) is 1. The summed E-state index contributed by atoms with van der Waals surface area (Å²) in [6.07, 6.45) is 1.37. The minimum absolute atomic E-state index is 0.0498. The molecule has 0 spiro atoms. The number of carbonyl (C=O) groups is 2. The number of methoxy groups -OCH3 is 1. The fourth-order valence-corrected chi connectivity index (χ4v) is 3.48. The zero-order valence-corrected chi connectivity index (χ0v) is 16.8. The van der Waals surface area contributed by atoms with Gasteiger partial charge in [-0.15, -0.1) is 11.3 Å². The number of nitriles is 1. The van der Waals surface area contributed by atoms with E-state index in [1.165, 1.54) is 36.7 Å². The van der Waals surface area contributed by atoms with Crippen LogP contribution in [0.15, 0.2) is 23.8 Å². The zero-order chi connectivity index (χ0) is 20.8. The first kappa shape index (κ1) is 21.0. The van der Waals surface area contributed by atoms with Crippen LogP contribution in [0.1, 0.15) is 33.3 Å². The zero-order valence-electron chi connectivity index (χ0n) is 16.0. The Morgan fingerprint density at radius 3 is 2.68 bits per heavy atom. The molecule has 7 nitrogen and oxygen atoms in total. The normalized spacial score (nSPS) is 10.9. The Morgan fingerprint density at radius 1 is 1.36 bits per heavy atom. The Kier molecular flexibility index (Phi) is 6.79. The second-order valence-electron chi connectivity index (χ2n) is 5.76. The maximum absolute atomic E-state index is 12.6. The SMILES string of the molecule is CCOC(=O)c1c(NC(=O)/C(C#N)=C/c2ccc(O)c(OC)c2)sc(C)c1C. The van der Waals surface area contributed by atoms with Gasteiger partial charge >= 0.3 is 5.97 Å². The summed E-state index contributed by atoms with van der Waals surface area (Å²) in [5.41, 5.74) is 1.36. The van der Waals surface area contributed by atoms with E-state index in [1.54, 1.807) is 19.9 Å². The largest absolute Gasteiger partial charge is 0.504 e. The molecule has 1 heterocycles. The highest BCUT2D eigenvalue weighted by Gasteiger charge is 2.23. The van der Waals surface area contributed by atoms with Crippen LogP contribution >= 0.6 is 11.3 Å². The molecule has 0 radical (unpaired) electrons. The number of aromatic hydroxyl groups is 1. The van der Waals surface area contributed by atoms with E-state index < -0.39 is 11.9 Å². The van der Waals surface area contributed by atoms with Crippen molar-refractivity contribution in [1.29, 1.82) is 5.26 Å². The molecule has 0 saturated heterocycles. The van der Waals surface area contributed by atoms with Crippen molar-refractivity contribution in [3.63, 3.8) is 0 Å². The van der Waals surface area contributed by atoms with Gasteiger partial charge < -0.3 is 19.9 Å². The second kappa shape index (κ2) is 9.06. The van der Waals surface area contributed by atoms with Crippen LogP contribution in [0.2, 0.25) is 0 Å². The summed E-state index contributed by atoms with van der Waals surface area (Å²) < 4.78 is 10.1. The molecule has 146 valence electrons. The molecule has 0 aliphatic heterocycles. The summed E-state index contributed by atoms with van der Waals surface area (Å²) in [6, 6.07) is 6.31. The van der Waals surface area contributed by atoms with Crippen LogP contribution in [0.3, 0.4) is 0 Å². The molecule has 0 aliphatic rings. The topological polar surface area (TPSA) is 109 Å². The third kappa shape index (κ3) is 4.50. The molecule has 2 aromatic rings. The number of rotatable bonds is 6. The van der Waals surface area contributed by atoms with Gasteiger partial charge in [0.05, 0.1) is 19.3 Å². The van der Waals surface area contributed by atoms with Crippen molar-refractivity contribution in [2.24, 2.45) is 0 Å². The molecule has 2 N–H and O–H groups in total. The van der Waals surface area contributed by atoms with Crippen LogP contribution in [-0.2, 0) is 9.53 Å². The standard InChI is InChI=1S/C20H20N2O5S/c1-5-27-20(25)17-11(2)12(3)28-19(17)22-18(24)14(10-21)8-13-6-7-15(23)16(9-13)26-4/h6-9,23H,5H2,1-4H3,(H,22,24)/b14-8+. The van der Waals surface area contributed by atoms with Gasteiger partial charge in [-0.05, 0) is 50.1 Å². The van der Waals surface area contributed by atoms with Crippen LogP contribution in [0, 0.1) is 25.2 Å². The molecular weight excluding hydrogens is 380 g/mol. The lowest BCUT2D eigenvalue weighted by Crippen LogP contribution is -2.16. The number of phenols is 1. The van der Waals surface area contributed by atoms with Crippen LogP contribution in [0.4, 0.5) is 5.00 Å². The fraction of sp³-hybridized carbons (Fsp3) is 0.250. The van der Waals surface area contributed by atoms with Crippen molar-refractivity contribution in [3.8, 4) is 17.6 Å². The third-order valence-corrected chi connectivity index (χ3v) is 5.09. The molecule has 0 saturated carbocycles. The molecule has 28 heavy (non-hydrogen) atoms. The minimum Gasteiger partial charge on any atom is -0.504 e. The molecule has 1 amide bonds. The number of phenolic OH excluding ortho intramolecular Hbond substituents is 1. The Balaban J connectivity index is 2.34. The Labute approximate surface area is 166 Å². The molecule has 0 unspecified atom stereocenters. The van der Waals surface area contributed by atoms with Gasteiger partial charge in [-0.25, -0.2) is 4.79 Å². The van der Waals surface area contributed by atoms with Gasteiger partial charge in [-0.3, -0.25) is 4.79 Å². The highest BCUT2D eigenvalue weighted by atomic mass is 32.1. The Bertz CT molecular complexity index is 985. The highest BCUT2D eigenvalue weighted by molar-refractivity contribution is 7.16. The van der Waals surface area contributed by atoms with E-state index in [0.717, 1.165) is 10.4 Å². The molecule has 0 fully saturated rings.